The van der Waals surface area contributed by atoms with Crippen LogP contribution in [0.3, 0.4) is 0 Å². The number of imide groups is 3. The van der Waals surface area contributed by atoms with Crippen molar-refractivity contribution in [3.63, 3.8) is 0 Å². The van der Waals surface area contributed by atoms with E-state index in [2.05, 4.69) is 0 Å². The number of carbonyl (C=O) groups excluding carboxylic acids is 3. The van der Waals surface area contributed by atoms with Crippen molar-refractivity contribution in [1.29, 1.82) is 0 Å². The molecular weight excluding hydrogens is 170 g/mol. The fraction of sp³-hybridized carbons (Fsp3) is 0.444. The molecule has 13 heavy (non-hydrogen) atoms. The molecule has 4 nitrogen and oxygen atoms in total. The molecule has 0 spiro atoms. The first-order chi connectivity index (χ1) is 5.95. The lowest BCUT2D eigenvalue weighted by Crippen LogP contribution is -2.39. The average Bonchev–Trinajstić information content (AvgIpc) is 2.26. The Morgan fingerprint density at radius 3 is 2.23 bits per heavy atom. The van der Waals surface area contributed by atoms with Gasteiger partial charge in [-0.15, -0.1) is 0 Å². The lowest BCUT2D eigenvalue weighted by Gasteiger charge is -2.14. The van der Waals surface area contributed by atoms with Crippen molar-refractivity contribution in [1.82, 2.24) is 4.90 Å². The maximum Gasteiger partial charge on any atom is 0.263 e. The van der Waals surface area contributed by atoms with E-state index in [1.807, 2.05) is 0 Å². The SMILES string of the molecule is CC1=CC(=O)N(C(=O)C(C)C)C1=O. The molecule has 0 aliphatic carbocycles. The second kappa shape index (κ2) is 3.12. The van der Waals surface area contributed by atoms with Crippen LogP contribution in [0.25, 0.3) is 0 Å². The summed E-state index contributed by atoms with van der Waals surface area (Å²) >= 11 is 0. The highest BCUT2D eigenvalue weighted by Crippen LogP contribution is 2.14. The van der Waals surface area contributed by atoms with Crippen molar-refractivity contribution in [2.75, 3.05) is 0 Å². The first-order valence-electron chi connectivity index (χ1n) is 4.05. The molecule has 0 fully saturated rings. The van der Waals surface area contributed by atoms with Crippen LogP contribution in [0.15, 0.2) is 11.6 Å². The van der Waals surface area contributed by atoms with Crippen LogP contribution in [0, 0.1) is 5.92 Å². The molecule has 0 N–H and O–H groups in total. The van der Waals surface area contributed by atoms with E-state index in [0.29, 0.717) is 10.5 Å². The average molecular weight is 181 g/mol. The van der Waals surface area contributed by atoms with Gasteiger partial charge in [-0.3, -0.25) is 14.4 Å². The molecule has 1 aliphatic rings. The summed E-state index contributed by atoms with van der Waals surface area (Å²) in [5, 5.41) is 0. The van der Waals surface area contributed by atoms with Crippen LogP contribution in [0.1, 0.15) is 20.8 Å². The minimum atomic E-state index is -0.527. The molecule has 0 unspecified atom stereocenters. The zero-order valence-corrected chi connectivity index (χ0v) is 7.83. The fourth-order valence-electron chi connectivity index (χ4n) is 1.05. The van der Waals surface area contributed by atoms with Gasteiger partial charge in [-0.25, -0.2) is 4.90 Å². The normalized spacial score (nSPS) is 16.9. The second-order valence-corrected chi connectivity index (χ2v) is 3.30. The Hall–Kier alpha value is -1.45. The summed E-state index contributed by atoms with van der Waals surface area (Å²) in [4.78, 5) is 34.5. The molecule has 4 heteroatoms. The summed E-state index contributed by atoms with van der Waals surface area (Å²) in [5.41, 5.74) is 0.319. The highest BCUT2D eigenvalue weighted by Gasteiger charge is 2.34. The van der Waals surface area contributed by atoms with Gasteiger partial charge in [-0.1, -0.05) is 13.8 Å². The Morgan fingerprint density at radius 1 is 1.38 bits per heavy atom. The van der Waals surface area contributed by atoms with E-state index < -0.39 is 17.7 Å². The van der Waals surface area contributed by atoms with Gasteiger partial charge in [-0.2, -0.15) is 0 Å². The van der Waals surface area contributed by atoms with Gasteiger partial charge in [0.1, 0.15) is 0 Å². The van der Waals surface area contributed by atoms with Gasteiger partial charge in [0.05, 0.1) is 0 Å². The summed E-state index contributed by atoms with van der Waals surface area (Å²) in [6, 6.07) is 0. The monoisotopic (exact) mass is 181 g/mol. The summed E-state index contributed by atoms with van der Waals surface area (Å²) in [5.74, 6) is -1.81. The predicted molar refractivity (Wildman–Crippen MR) is 45.5 cm³/mol. The largest absolute Gasteiger partial charge is 0.274 e. The number of rotatable bonds is 1. The summed E-state index contributed by atoms with van der Waals surface area (Å²) in [6.07, 6.45) is 1.18. The maximum atomic E-state index is 11.4. The van der Waals surface area contributed by atoms with Crippen LogP contribution in [0.5, 0.6) is 0 Å². The van der Waals surface area contributed by atoms with E-state index in [4.69, 9.17) is 0 Å². The Balaban J connectivity index is 2.92. The van der Waals surface area contributed by atoms with E-state index in [1.54, 1.807) is 13.8 Å². The van der Waals surface area contributed by atoms with Crippen LogP contribution < -0.4 is 0 Å². The Bertz CT molecular complexity index is 315. The van der Waals surface area contributed by atoms with Crippen LogP contribution in [0.4, 0.5) is 0 Å². The minimum absolute atomic E-state index is 0.319. The van der Waals surface area contributed by atoms with Gasteiger partial charge >= 0.3 is 0 Å². The highest BCUT2D eigenvalue weighted by atomic mass is 16.2. The van der Waals surface area contributed by atoms with Crippen LogP contribution in [-0.2, 0) is 14.4 Å². The van der Waals surface area contributed by atoms with Crippen molar-refractivity contribution in [3.8, 4) is 0 Å². The predicted octanol–water partition coefficient (Wildman–Crippen LogP) is 0.484. The van der Waals surface area contributed by atoms with Crippen molar-refractivity contribution in [2.45, 2.75) is 20.8 Å². The molecule has 0 aromatic heterocycles. The maximum absolute atomic E-state index is 11.4. The van der Waals surface area contributed by atoms with Crippen molar-refractivity contribution >= 4 is 17.7 Å². The van der Waals surface area contributed by atoms with Gasteiger partial charge in [0, 0.05) is 17.6 Å². The van der Waals surface area contributed by atoms with Crippen LogP contribution >= 0.6 is 0 Å². The molecule has 0 aromatic rings. The molecule has 1 rings (SSSR count). The van der Waals surface area contributed by atoms with Crippen LogP contribution in [0.2, 0.25) is 0 Å². The quantitative estimate of drug-likeness (QED) is 0.553. The van der Waals surface area contributed by atoms with Crippen molar-refractivity contribution < 1.29 is 14.4 Å². The number of nitrogens with zero attached hydrogens (tertiary/aromatic N) is 1. The number of hydrogen-bond acceptors (Lipinski definition) is 3. The lowest BCUT2D eigenvalue weighted by atomic mass is 10.2. The first kappa shape index (κ1) is 9.64. The Morgan fingerprint density at radius 2 is 1.92 bits per heavy atom. The number of hydrogen-bond donors (Lipinski definition) is 0. The first-order valence-corrected chi connectivity index (χ1v) is 4.05. The molecule has 0 saturated carbocycles. The minimum Gasteiger partial charge on any atom is -0.274 e. The third kappa shape index (κ3) is 1.52. The Kier molecular flexibility index (Phi) is 2.32. The molecule has 70 valence electrons. The van der Waals surface area contributed by atoms with Gasteiger partial charge in [0.15, 0.2) is 0 Å². The third-order valence-electron chi connectivity index (χ3n) is 1.82. The molecule has 0 radical (unpaired) electrons. The molecule has 1 aliphatic heterocycles. The summed E-state index contributed by atoms with van der Waals surface area (Å²) in [7, 11) is 0. The fourth-order valence-corrected chi connectivity index (χ4v) is 1.05. The molecule has 3 amide bonds. The zero-order chi connectivity index (χ0) is 10.2. The third-order valence-corrected chi connectivity index (χ3v) is 1.82. The Labute approximate surface area is 76.2 Å². The highest BCUT2D eigenvalue weighted by molar-refractivity contribution is 6.24. The molecule has 0 atom stereocenters. The molecule has 0 bridgehead atoms. The summed E-state index contributed by atoms with van der Waals surface area (Å²) < 4.78 is 0. The molecular formula is C9H11NO3. The van der Waals surface area contributed by atoms with Gasteiger partial charge in [0.25, 0.3) is 11.8 Å². The van der Waals surface area contributed by atoms with Gasteiger partial charge < -0.3 is 0 Å². The van der Waals surface area contributed by atoms with Crippen molar-refractivity contribution in [3.05, 3.63) is 11.6 Å². The van der Waals surface area contributed by atoms with E-state index in [0.717, 1.165) is 0 Å². The zero-order valence-electron chi connectivity index (χ0n) is 7.83. The molecule has 1 heterocycles. The van der Waals surface area contributed by atoms with Gasteiger partial charge in [-0.05, 0) is 6.92 Å². The smallest absolute Gasteiger partial charge is 0.263 e. The molecule has 0 aromatic carbocycles. The van der Waals surface area contributed by atoms with E-state index in [1.165, 1.54) is 13.0 Å². The topological polar surface area (TPSA) is 54.5 Å². The standard InChI is InChI=1S/C9H11NO3/c1-5(2)8(12)10-7(11)4-6(3)9(10)13/h4-5H,1-3H3. The lowest BCUT2D eigenvalue weighted by molar-refractivity contribution is -0.150. The van der Waals surface area contributed by atoms with E-state index >= 15 is 0 Å². The number of amides is 3. The van der Waals surface area contributed by atoms with Crippen molar-refractivity contribution in [2.24, 2.45) is 5.92 Å². The number of carbonyl (C=O) groups is 3. The molecule has 0 saturated heterocycles. The second-order valence-electron chi connectivity index (χ2n) is 3.30. The van der Waals surface area contributed by atoms with Gasteiger partial charge in [0.2, 0.25) is 5.91 Å². The van der Waals surface area contributed by atoms with E-state index in [9.17, 15) is 14.4 Å². The summed E-state index contributed by atoms with van der Waals surface area (Å²) in [6.45, 7) is 4.82. The van der Waals surface area contributed by atoms with E-state index in [-0.39, 0.29) is 5.92 Å². The van der Waals surface area contributed by atoms with Crippen LogP contribution in [-0.4, -0.2) is 22.6 Å².